The highest BCUT2D eigenvalue weighted by atomic mass is 16.5. The second kappa shape index (κ2) is 7.67. The number of rotatable bonds is 6. The minimum atomic E-state index is 0.432. The van der Waals surface area contributed by atoms with Gasteiger partial charge in [0.05, 0.1) is 19.0 Å². The Morgan fingerprint density at radius 2 is 1.04 bits per heavy atom. The second-order valence-electron chi connectivity index (χ2n) is 5.50. The van der Waals surface area contributed by atoms with E-state index < -0.39 is 0 Å². The summed E-state index contributed by atoms with van der Waals surface area (Å²) < 4.78 is 11.0. The SMILES string of the molecule is COc1ccc(N([O-])c2ccc([N+](=O)c3ccc(OC)cc3)cc2)cc1. The molecule has 6 nitrogen and oxygen atoms in total. The van der Waals surface area contributed by atoms with Gasteiger partial charge < -0.3 is 19.7 Å². The molecule has 6 heteroatoms. The molecule has 0 radical (unpaired) electrons. The van der Waals surface area contributed by atoms with Crippen LogP contribution in [0.2, 0.25) is 0 Å². The average molecular weight is 350 g/mol. The predicted octanol–water partition coefficient (Wildman–Crippen LogP) is 4.94. The van der Waals surface area contributed by atoms with Gasteiger partial charge >= 0.3 is 0 Å². The first-order valence-corrected chi connectivity index (χ1v) is 7.95. The summed E-state index contributed by atoms with van der Waals surface area (Å²) in [7, 11) is 3.14. The van der Waals surface area contributed by atoms with Gasteiger partial charge in [-0.15, -0.1) is 0 Å². The number of methoxy groups -OCH3 is 2. The van der Waals surface area contributed by atoms with Crippen LogP contribution in [0, 0.1) is 10.1 Å². The number of nitroso groups, excluding NO2 is 1. The Hall–Kier alpha value is -3.38. The van der Waals surface area contributed by atoms with Gasteiger partial charge in [-0.3, -0.25) is 0 Å². The highest BCUT2D eigenvalue weighted by Crippen LogP contribution is 2.29. The van der Waals surface area contributed by atoms with Crippen molar-refractivity contribution in [2.45, 2.75) is 0 Å². The summed E-state index contributed by atoms with van der Waals surface area (Å²) in [5.74, 6) is 1.36. The lowest BCUT2D eigenvalue weighted by molar-refractivity contribution is 0.414. The molecule has 0 spiro atoms. The maximum Gasteiger partial charge on any atom is 0.263 e. The van der Waals surface area contributed by atoms with Crippen molar-refractivity contribution < 1.29 is 9.47 Å². The predicted molar refractivity (Wildman–Crippen MR) is 103 cm³/mol. The minimum absolute atomic E-state index is 0.432. The van der Waals surface area contributed by atoms with Crippen molar-refractivity contribution in [2.75, 3.05) is 19.3 Å². The van der Waals surface area contributed by atoms with Crippen molar-refractivity contribution in [1.82, 2.24) is 4.76 Å². The molecule has 0 unspecified atom stereocenters. The number of hydrogen-bond acceptors (Lipinski definition) is 5. The van der Waals surface area contributed by atoms with Gasteiger partial charge in [-0.25, -0.2) is 0 Å². The summed E-state index contributed by atoms with van der Waals surface area (Å²) in [5, 5.41) is 13.2. The zero-order valence-electron chi connectivity index (χ0n) is 14.5. The van der Waals surface area contributed by atoms with Gasteiger partial charge in [0, 0.05) is 40.5 Å². The van der Waals surface area contributed by atoms with E-state index in [1.165, 1.54) is 0 Å². The normalized spacial score (nSPS) is 10.3. The molecule has 0 saturated carbocycles. The van der Waals surface area contributed by atoms with Crippen molar-refractivity contribution >= 4 is 22.7 Å². The zero-order chi connectivity index (χ0) is 18.5. The van der Waals surface area contributed by atoms with Crippen LogP contribution in [0.4, 0.5) is 22.7 Å². The largest absolute Gasteiger partial charge is 0.754 e. The fourth-order valence-electron chi connectivity index (χ4n) is 2.46. The summed E-state index contributed by atoms with van der Waals surface area (Å²) in [6.45, 7) is 0. The number of hydrogen-bond donors (Lipinski definition) is 0. The third-order valence-corrected chi connectivity index (χ3v) is 3.93. The summed E-state index contributed by atoms with van der Waals surface area (Å²) in [6.07, 6.45) is 0. The van der Waals surface area contributed by atoms with Gasteiger partial charge in [0.1, 0.15) is 11.5 Å². The lowest BCUT2D eigenvalue weighted by Gasteiger charge is -2.30. The highest BCUT2D eigenvalue weighted by molar-refractivity contribution is 5.67. The van der Waals surface area contributed by atoms with E-state index in [-0.39, 0.29) is 0 Å². The van der Waals surface area contributed by atoms with E-state index in [2.05, 4.69) is 0 Å². The van der Waals surface area contributed by atoms with Crippen LogP contribution in [0.3, 0.4) is 0 Å². The van der Waals surface area contributed by atoms with Crippen molar-refractivity contribution in [3.05, 3.63) is 82.9 Å². The molecule has 0 aromatic heterocycles. The first kappa shape index (κ1) is 17.4. The summed E-state index contributed by atoms with van der Waals surface area (Å²) in [5.41, 5.74) is 1.82. The third kappa shape index (κ3) is 3.65. The van der Waals surface area contributed by atoms with Crippen LogP contribution in [-0.4, -0.2) is 14.2 Å². The molecule has 3 rings (SSSR count). The van der Waals surface area contributed by atoms with Crippen LogP contribution < -0.4 is 19.3 Å². The summed E-state index contributed by atoms with van der Waals surface area (Å²) >= 11 is 0. The van der Waals surface area contributed by atoms with Gasteiger partial charge in [0.25, 0.3) is 11.4 Å². The lowest BCUT2D eigenvalue weighted by Crippen LogP contribution is -2.07. The topological polar surface area (TPSA) is 64.8 Å². The second-order valence-corrected chi connectivity index (χ2v) is 5.50. The molecule has 0 atom stereocenters. The fourth-order valence-corrected chi connectivity index (χ4v) is 2.46. The van der Waals surface area contributed by atoms with Crippen LogP contribution in [0.15, 0.2) is 72.8 Å². The summed E-state index contributed by atoms with van der Waals surface area (Å²) in [4.78, 5) is 12.4. The molecular weight excluding hydrogens is 332 g/mol. The molecule has 26 heavy (non-hydrogen) atoms. The smallest absolute Gasteiger partial charge is 0.263 e. The third-order valence-electron chi connectivity index (χ3n) is 3.93. The van der Waals surface area contributed by atoms with E-state index in [1.54, 1.807) is 87.0 Å². The Balaban J connectivity index is 1.77. The standard InChI is InChI=1S/C20H18N2O4/c1-25-19-11-7-17(8-12-19)21(23)15-3-5-16(6-4-15)22(24)18-9-13-20(26-2)14-10-18/h3-14H,1-2H3. The molecule has 0 aliphatic rings. The maximum atomic E-state index is 12.4. The molecule has 0 saturated heterocycles. The molecule has 0 bridgehead atoms. The highest BCUT2D eigenvalue weighted by Gasteiger charge is 2.17. The Labute approximate surface area is 151 Å². The van der Waals surface area contributed by atoms with Gasteiger partial charge in [-0.2, -0.15) is 0 Å². The molecular formula is C20H18N2O4. The molecule has 132 valence electrons. The van der Waals surface area contributed by atoms with Gasteiger partial charge in [-0.1, -0.05) is 0 Å². The van der Waals surface area contributed by atoms with Crippen LogP contribution in [-0.2, 0) is 0 Å². The number of benzene rings is 3. The van der Waals surface area contributed by atoms with E-state index in [0.29, 0.717) is 34.2 Å². The fraction of sp³-hybridized carbons (Fsp3) is 0.100. The van der Waals surface area contributed by atoms with E-state index in [1.807, 2.05) is 0 Å². The molecule has 0 heterocycles. The van der Waals surface area contributed by atoms with E-state index in [9.17, 15) is 10.1 Å². The monoisotopic (exact) mass is 350 g/mol. The molecule has 3 aromatic carbocycles. The van der Waals surface area contributed by atoms with Crippen molar-refractivity contribution in [3.8, 4) is 11.5 Å². The van der Waals surface area contributed by atoms with E-state index >= 15 is 0 Å². The first-order valence-electron chi connectivity index (χ1n) is 7.95. The maximum absolute atomic E-state index is 12.4. The van der Waals surface area contributed by atoms with Crippen LogP contribution in [0.25, 0.3) is 0 Å². The van der Waals surface area contributed by atoms with Gasteiger partial charge in [0.15, 0.2) is 0 Å². The Morgan fingerprint density at radius 1 is 0.692 bits per heavy atom. The lowest BCUT2D eigenvalue weighted by atomic mass is 10.2. The number of ether oxygens (including phenoxy) is 2. The van der Waals surface area contributed by atoms with E-state index in [4.69, 9.17) is 9.47 Å². The Bertz CT molecular complexity index is 875. The van der Waals surface area contributed by atoms with Crippen LogP contribution in [0.1, 0.15) is 0 Å². The van der Waals surface area contributed by atoms with Gasteiger partial charge in [0.2, 0.25) is 0 Å². The van der Waals surface area contributed by atoms with E-state index in [0.717, 1.165) is 9.82 Å². The molecule has 0 N–H and O–H groups in total. The van der Waals surface area contributed by atoms with Crippen molar-refractivity contribution in [2.24, 2.45) is 0 Å². The van der Waals surface area contributed by atoms with Crippen molar-refractivity contribution in [3.63, 3.8) is 0 Å². The molecule has 0 amide bonds. The molecule has 3 aromatic rings. The van der Waals surface area contributed by atoms with Crippen molar-refractivity contribution in [1.29, 1.82) is 0 Å². The Kier molecular flexibility index (Phi) is 5.15. The first-order chi connectivity index (χ1) is 12.6. The van der Waals surface area contributed by atoms with Crippen LogP contribution >= 0.6 is 0 Å². The average Bonchev–Trinajstić information content (AvgIpc) is 2.73. The quantitative estimate of drug-likeness (QED) is 0.465. The van der Waals surface area contributed by atoms with Crippen LogP contribution in [0.5, 0.6) is 11.5 Å². The summed E-state index contributed by atoms with van der Waals surface area (Å²) in [6, 6.07) is 20.0. The van der Waals surface area contributed by atoms with Gasteiger partial charge in [-0.05, 0) is 48.5 Å². The minimum Gasteiger partial charge on any atom is -0.754 e. The number of nitrogens with zero attached hydrogens (tertiary/aromatic N) is 2. The molecule has 0 fully saturated rings. The number of anilines is 2. The zero-order valence-corrected chi connectivity index (χ0v) is 14.5. The Morgan fingerprint density at radius 3 is 1.46 bits per heavy atom. The molecule has 0 aliphatic carbocycles. The molecule has 0 aliphatic heterocycles.